The molecule has 2 aromatic heterocycles. The van der Waals surface area contributed by atoms with Crippen LogP contribution in [0, 0.1) is 5.92 Å². The number of halogens is 1. The monoisotopic (exact) mass is 465 g/mol. The van der Waals surface area contributed by atoms with Crippen molar-refractivity contribution in [1.82, 2.24) is 18.7 Å². The molecule has 3 heterocycles. The predicted molar refractivity (Wildman–Crippen MR) is 129 cm³/mol. The minimum absolute atomic E-state index is 0.158. The van der Waals surface area contributed by atoms with Crippen LogP contribution in [0.4, 0.5) is 11.6 Å². The van der Waals surface area contributed by atoms with E-state index >= 15 is 0 Å². The molecule has 8 nitrogen and oxygen atoms in total. The van der Waals surface area contributed by atoms with Crippen LogP contribution in [-0.4, -0.2) is 32.3 Å². The number of ether oxygens (including phenoxy) is 1. The van der Waals surface area contributed by atoms with E-state index in [0.717, 1.165) is 23.5 Å². The minimum atomic E-state index is -0.408. The second-order valence-corrected chi connectivity index (χ2v) is 8.88. The number of aromatic nitrogens is 4. The van der Waals surface area contributed by atoms with Gasteiger partial charge in [0.25, 0.3) is 5.56 Å². The van der Waals surface area contributed by atoms with Crippen LogP contribution < -0.4 is 20.9 Å². The van der Waals surface area contributed by atoms with Gasteiger partial charge < -0.3 is 14.2 Å². The van der Waals surface area contributed by atoms with E-state index in [1.54, 1.807) is 26.3 Å². The number of fused-ring (bicyclic) bond motifs is 3. The van der Waals surface area contributed by atoms with Gasteiger partial charge in [-0.05, 0) is 35.7 Å². The summed E-state index contributed by atoms with van der Waals surface area (Å²) in [5.74, 6) is 1.60. The lowest BCUT2D eigenvalue weighted by Crippen LogP contribution is -2.40. The summed E-state index contributed by atoms with van der Waals surface area (Å²) in [4.78, 5) is 33.5. The van der Waals surface area contributed by atoms with Gasteiger partial charge in [0, 0.05) is 25.2 Å². The third-order valence-corrected chi connectivity index (χ3v) is 6.32. The Labute approximate surface area is 195 Å². The minimum Gasteiger partial charge on any atom is -0.495 e. The van der Waals surface area contributed by atoms with Crippen LogP contribution in [-0.2, 0) is 20.1 Å². The molecule has 33 heavy (non-hydrogen) atoms. The van der Waals surface area contributed by atoms with Crippen molar-refractivity contribution in [2.24, 2.45) is 13.0 Å². The average molecular weight is 466 g/mol. The highest BCUT2D eigenvalue weighted by Crippen LogP contribution is 2.37. The third kappa shape index (κ3) is 3.51. The summed E-state index contributed by atoms with van der Waals surface area (Å²) >= 11 is 5.99. The molecule has 1 aliphatic rings. The molecule has 4 aromatic rings. The first-order chi connectivity index (χ1) is 15.9. The molecular formula is C24H24ClN5O3. The van der Waals surface area contributed by atoms with Gasteiger partial charge in [-0.15, -0.1) is 0 Å². The van der Waals surface area contributed by atoms with Crippen molar-refractivity contribution >= 4 is 34.4 Å². The zero-order chi connectivity index (χ0) is 23.3. The van der Waals surface area contributed by atoms with E-state index in [1.807, 2.05) is 41.0 Å². The van der Waals surface area contributed by atoms with Gasteiger partial charge in [-0.1, -0.05) is 42.8 Å². The molecule has 170 valence electrons. The van der Waals surface area contributed by atoms with E-state index < -0.39 is 5.69 Å². The van der Waals surface area contributed by atoms with Crippen LogP contribution in [0.1, 0.15) is 12.5 Å². The normalized spacial score (nSPS) is 15.6. The zero-order valence-electron chi connectivity index (χ0n) is 18.7. The topological polar surface area (TPSA) is 74.3 Å². The Kier molecular flexibility index (Phi) is 5.25. The molecule has 0 spiro atoms. The van der Waals surface area contributed by atoms with Gasteiger partial charge in [0.2, 0.25) is 5.95 Å². The van der Waals surface area contributed by atoms with Gasteiger partial charge in [0.15, 0.2) is 11.2 Å². The van der Waals surface area contributed by atoms with Crippen LogP contribution in [0.15, 0.2) is 58.1 Å². The molecule has 0 fully saturated rings. The Morgan fingerprint density at radius 3 is 2.55 bits per heavy atom. The highest BCUT2D eigenvalue weighted by atomic mass is 35.5. The van der Waals surface area contributed by atoms with E-state index in [2.05, 4.69) is 11.8 Å². The van der Waals surface area contributed by atoms with Crippen molar-refractivity contribution < 1.29 is 4.74 Å². The van der Waals surface area contributed by atoms with Crippen LogP contribution >= 0.6 is 11.6 Å². The maximum atomic E-state index is 13.6. The number of hydrogen-bond acceptors (Lipinski definition) is 5. The van der Waals surface area contributed by atoms with Gasteiger partial charge in [-0.3, -0.25) is 13.9 Å². The van der Waals surface area contributed by atoms with Crippen LogP contribution in [0.25, 0.3) is 11.2 Å². The molecule has 0 bridgehead atoms. The quantitative estimate of drug-likeness (QED) is 0.462. The Morgan fingerprint density at radius 1 is 1.09 bits per heavy atom. The van der Waals surface area contributed by atoms with Crippen molar-refractivity contribution in [3.63, 3.8) is 0 Å². The van der Waals surface area contributed by atoms with E-state index in [1.165, 1.54) is 9.13 Å². The van der Waals surface area contributed by atoms with Crippen molar-refractivity contribution in [3.05, 3.63) is 80.0 Å². The number of aryl methyl sites for hydroxylation is 1. The summed E-state index contributed by atoms with van der Waals surface area (Å²) in [5.41, 5.74) is 1.73. The van der Waals surface area contributed by atoms with Crippen molar-refractivity contribution in [1.29, 1.82) is 0 Å². The molecule has 0 aliphatic carbocycles. The summed E-state index contributed by atoms with van der Waals surface area (Å²) in [6.07, 6.45) is 0. The highest BCUT2D eigenvalue weighted by molar-refractivity contribution is 6.30. The first kappa shape index (κ1) is 21.3. The lowest BCUT2D eigenvalue weighted by Gasteiger charge is -2.33. The van der Waals surface area contributed by atoms with Crippen LogP contribution in [0.2, 0.25) is 5.02 Å². The lowest BCUT2D eigenvalue weighted by molar-refractivity contribution is 0.409. The number of methoxy groups -OCH3 is 1. The number of imidazole rings is 1. The summed E-state index contributed by atoms with van der Waals surface area (Å²) in [5, 5.41) is 0.602. The summed E-state index contributed by atoms with van der Waals surface area (Å²) in [7, 11) is 3.28. The molecule has 0 radical (unpaired) electrons. The van der Waals surface area contributed by atoms with E-state index in [-0.39, 0.29) is 18.0 Å². The SMILES string of the molecule is COc1ccccc1N1CC(C)Cn2c1nc1c2c(=O)n(Cc2ccc(Cl)cc2)c(=O)n1C. The molecule has 1 atom stereocenters. The Balaban J connectivity index is 1.72. The molecule has 2 aromatic carbocycles. The smallest absolute Gasteiger partial charge is 0.332 e. The molecule has 0 saturated carbocycles. The van der Waals surface area contributed by atoms with Gasteiger partial charge >= 0.3 is 5.69 Å². The average Bonchev–Trinajstić information content (AvgIpc) is 3.20. The highest BCUT2D eigenvalue weighted by Gasteiger charge is 2.31. The van der Waals surface area contributed by atoms with Crippen molar-refractivity contribution in [2.45, 2.75) is 20.0 Å². The molecular weight excluding hydrogens is 442 g/mol. The Hall–Kier alpha value is -3.52. The maximum absolute atomic E-state index is 13.6. The fraction of sp³-hybridized carbons (Fsp3) is 0.292. The Bertz CT molecular complexity index is 1470. The molecule has 0 saturated heterocycles. The number of benzene rings is 2. The standard InChI is InChI=1S/C24H24ClN5O3/c1-15-12-28(18-6-4-5-7-19(18)33-3)23-26-21-20(29(23)13-15)22(31)30(24(32)27(21)2)14-16-8-10-17(25)11-9-16/h4-11,15H,12-14H2,1-3H3. The third-order valence-electron chi connectivity index (χ3n) is 6.07. The van der Waals surface area contributed by atoms with Gasteiger partial charge in [0.05, 0.1) is 19.3 Å². The summed E-state index contributed by atoms with van der Waals surface area (Å²) in [6.45, 7) is 3.64. The van der Waals surface area contributed by atoms with E-state index in [0.29, 0.717) is 28.7 Å². The molecule has 1 aliphatic heterocycles. The zero-order valence-corrected chi connectivity index (χ0v) is 19.4. The van der Waals surface area contributed by atoms with Gasteiger partial charge in [-0.2, -0.15) is 4.98 Å². The maximum Gasteiger partial charge on any atom is 0.332 e. The number of anilines is 2. The fourth-order valence-electron chi connectivity index (χ4n) is 4.47. The summed E-state index contributed by atoms with van der Waals surface area (Å²) in [6, 6.07) is 14.9. The second-order valence-electron chi connectivity index (χ2n) is 8.44. The number of para-hydroxylation sites is 2. The Morgan fingerprint density at radius 2 is 1.82 bits per heavy atom. The first-order valence-electron chi connectivity index (χ1n) is 10.7. The van der Waals surface area contributed by atoms with Gasteiger partial charge in [-0.25, -0.2) is 4.79 Å². The predicted octanol–water partition coefficient (Wildman–Crippen LogP) is 3.39. The van der Waals surface area contributed by atoms with E-state index in [9.17, 15) is 9.59 Å². The number of hydrogen-bond donors (Lipinski definition) is 0. The van der Waals surface area contributed by atoms with Crippen molar-refractivity contribution in [3.8, 4) is 5.75 Å². The first-order valence-corrected chi connectivity index (χ1v) is 11.1. The largest absolute Gasteiger partial charge is 0.495 e. The summed E-state index contributed by atoms with van der Waals surface area (Å²) < 4.78 is 10.2. The van der Waals surface area contributed by atoms with E-state index in [4.69, 9.17) is 21.3 Å². The molecule has 9 heteroatoms. The number of nitrogens with zero attached hydrogens (tertiary/aromatic N) is 5. The van der Waals surface area contributed by atoms with Crippen LogP contribution in [0.5, 0.6) is 5.75 Å². The molecule has 0 N–H and O–H groups in total. The lowest BCUT2D eigenvalue weighted by atomic mass is 10.1. The second kappa shape index (κ2) is 8.12. The van der Waals surface area contributed by atoms with Crippen LogP contribution in [0.3, 0.4) is 0 Å². The molecule has 5 rings (SSSR count). The molecule has 0 amide bonds. The van der Waals surface area contributed by atoms with Gasteiger partial charge in [0.1, 0.15) is 5.75 Å². The molecule has 1 unspecified atom stereocenters. The van der Waals surface area contributed by atoms with Crippen molar-refractivity contribution in [2.75, 3.05) is 18.6 Å². The fourth-order valence-corrected chi connectivity index (χ4v) is 4.60. The number of rotatable bonds is 4.